The summed E-state index contributed by atoms with van der Waals surface area (Å²) in [6.45, 7) is 2.83. The summed E-state index contributed by atoms with van der Waals surface area (Å²) in [5.74, 6) is -3.68. The molecule has 3 rings (SSSR count). The van der Waals surface area contributed by atoms with Crippen molar-refractivity contribution in [3.8, 4) is 0 Å². The van der Waals surface area contributed by atoms with E-state index in [0.717, 1.165) is 32.1 Å². The Labute approximate surface area is 139 Å². The van der Waals surface area contributed by atoms with Gasteiger partial charge >= 0.3 is 0 Å². The van der Waals surface area contributed by atoms with Gasteiger partial charge in [-0.25, -0.2) is 13.2 Å². The lowest BCUT2D eigenvalue weighted by molar-refractivity contribution is -0.0875. The van der Waals surface area contributed by atoms with Gasteiger partial charge in [-0.3, -0.25) is 4.79 Å². The highest BCUT2D eigenvalue weighted by atomic mass is 19.2. The Morgan fingerprint density at radius 2 is 1.88 bits per heavy atom. The fraction of sp³-hybridized carbons (Fsp3) is 0.611. The van der Waals surface area contributed by atoms with Gasteiger partial charge < -0.3 is 9.64 Å². The number of unbranched alkanes of at least 4 members (excludes halogenated alkanes) is 1. The van der Waals surface area contributed by atoms with Gasteiger partial charge in [0.25, 0.3) is 5.91 Å². The van der Waals surface area contributed by atoms with Crippen molar-refractivity contribution >= 4 is 5.91 Å². The molecule has 0 unspecified atom stereocenters. The molecule has 0 bridgehead atoms. The van der Waals surface area contributed by atoms with Crippen LogP contribution in [0.4, 0.5) is 13.2 Å². The lowest BCUT2D eigenvalue weighted by Gasteiger charge is -2.38. The number of hydrogen-bond donors (Lipinski definition) is 0. The number of halogens is 3. The summed E-state index contributed by atoms with van der Waals surface area (Å²) in [5, 5.41) is 0. The molecule has 24 heavy (non-hydrogen) atoms. The molecule has 0 radical (unpaired) electrons. The topological polar surface area (TPSA) is 29.5 Å². The number of hydrogen-bond acceptors (Lipinski definition) is 2. The van der Waals surface area contributed by atoms with Gasteiger partial charge in [-0.15, -0.1) is 0 Å². The van der Waals surface area contributed by atoms with E-state index in [1.807, 2.05) is 0 Å². The first-order valence-corrected chi connectivity index (χ1v) is 8.58. The quantitative estimate of drug-likeness (QED) is 0.760. The fourth-order valence-corrected chi connectivity index (χ4v) is 3.21. The molecule has 132 valence electrons. The minimum atomic E-state index is -1.29. The van der Waals surface area contributed by atoms with Gasteiger partial charge in [-0.1, -0.05) is 19.8 Å². The van der Waals surface area contributed by atoms with Gasteiger partial charge in [0.2, 0.25) is 0 Å². The Balaban J connectivity index is 1.78. The average molecular weight is 341 g/mol. The van der Waals surface area contributed by atoms with Crippen LogP contribution in [0, 0.1) is 23.4 Å². The number of carbonyl (C=O) groups excluding carboxylic acids is 1. The van der Waals surface area contributed by atoms with Crippen LogP contribution >= 0.6 is 0 Å². The van der Waals surface area contributed by atoms with E-state index in [1.165, 1.54) is 4.90 Å². The van der Waals surface area contributed by atoms with Crippen LogP contribution < -0.4 is 0 Å². The molecule has 2 atom stereocenters. The number of carbonyl (C=O) groups is 1. The molecule has 1 heterocycles. The van der Waals surface area contributed by atoms with E-state index in [-0.39, 0.29) is 12.2 Å². The van der Waals surface area contributed by atoms with Crippen molar-refractivity contribution in [3.05, 3.63) is 35.1 Å². The van der Waals surface area contributed by atoms with Gasteiger partial charge in [-0.2, -0.15) is 0 Å². The molecule has 2 fully saturated rings. The summed E-state index contributed by atoms with van der Waals surface area (Å²) in [6.07, 6.45) is 4.88. The summed E-state index contributed by atoms with van der Waals surface area (Å²) in [6, 6.07) is 1.07. The van der Waals surface area contributed by atoms with Crippen molar-refractivity contribution < 1.29 is 22.7 Å². The first kappa shape index (κ1) is 17.3. The molecule has 0 aromatic heterocycles. The Hall–Kier alpha value is -1.56. The minimum absolute atomic E-state index is 0.0436. The van der Waals surface area contributed by atoms with E-state index in [1.54, 1.807) is 0 Å². The lowest BCUT2D eigenvalue weighted by atomic mass is 10.1. The molecule has 0 spiro atoms. The SMILES string of the molecule is CCCC[C@@H]1CN(C(=O)c2cc(F)c(F)cc2F)C[C@H](C2CC2)O1. The molecule has 6 heteroatoms. The third kappa shape index (κ3) is 3.74. The van der Waals surface area contributed by atoms with Gasteiger partial charge in [0.15, 0.2) is 11.6 Å². The second-order valence-electron chi connectivity index (χ2n) is 6.73. The third-order valence-corrected chi connectivity index (χ3v) is 4.75. The number of morpholine rings is 1. The first-order valence-electron chi connectivity index (χ1n) is 8.58. The fourth-order valence-electron chi connectivity index (χ4n) is 3.21. The van der Waals surface area contributed by atoms with Crippen molar-refractivity contribution in [1.29, 1.82) is 0 Å². The van der Waals surface area contributed by atoms with E-state index in [0.29, 0.717) is 31.1 Å². The smallest absolute Gasteiger partial charge is 0.257 e. The maximum atomic E-state index is 13.9. The molecule has 1 aromatic rings. The summed E-state index contributed by atoms with van der Waals surface area (Å²) in [5.41, 5.74) is -0.417. The van der Waals surface area contributed by atoms with Crippen LogP contribution in [0.15, 0.2) is 12.1 Å². The highest BCUT2D eigenvalue weighted by Gasteiger charge is 2.40. The molecule has 1 aromatic carbocycles. The zero-order valence-corrected chi connectivity index (χ0v) is 13.7. The number of amides is 1. The number of rotatable bonds is 5. The largest absolute Gasteiger partial charge is 0.371 e. The van der Waals surface area contributed by atoms with Gasteiger partial charge in [0.1, 0.15) is 5.82 Å². The zero-order chi connectivity index (χ0) is 17.3. The predicted octanol–water partition coefficient (Wildman–Crippen LogP) is 3.91. The summed E-state index contributed by atoms with van der Waals surface area (Å²) in [4.78, 5) is 14.2. The van der Waals surface area contributed by atoms with Crippen LogP contribution in [0.3, 0.4) is 0 Å². The Morgan fingerprint density at radius 1 is 1.17 bits per heavy atom. The van der Waals surface area contributed by atoms with Gasteiger partial charge in [0, 0.05) is 19.2 Å². The zero-order valence-electron chi connectivity index (χ0n) is 13.7. The summed E-state index contributed by atoms with van der Waals surface area (Å²) < 4.78 is 46.5. The predicted molar refractivity (Wildman–Crippen MR) is 83.1 cm³/mol. The van der Waals surface area contributed by atoms with Crippen molar-refractivity contribution in [2.24, 2.45) is 5.92 Å². The van der Waals surface area contributed by atoms with Crippen LogP contribution in [0.1, 0.15) is 49.4 Å². The van der Waals surface area contributed by atoms with Gasteiger partial charge in [-0.05, 0) is 31.2 Å². The Morgan fingerprint density at radius 3 is 2.54 bits per heavy atom. The molecule has 1 aliphatic carbocycles. The second kappa shape index (κ2) is 7.13. The summed E-state index contributed by atoms with van der Waals surface area (Å²) >= 11 is 0. The molecule has 0 N–H and O–H groups in total. The van der Waals surface area contributed by atoms with Crippen LogP contribution in [-0.4, -0.2) is 36.1 Å². The monoisotopic (exact) mass is 341 g/mol. The summed E-state index contributed by atoms with van der Waals surface area (Å²) in [7, 11) is 0. The van der Waals surface area contributed by atoms with E-state index >= 15 is 0 Å². The third-order valence-electron chi connectivity index (χ3n) is 4.75. The number of benzene rings is 1. The van der Waals surface area contributed by atoms with E-state index in [9.17, 15) is 18.0 Å². The Bertz CT molecular complexity index is 619. The minimum Gasteiger partial charge on any atom is -0.371 e. The molecule has 1 saturated heterocycles. The van der Waals surface area contributed by atoms with Crippen LogP contribution in [0.25, 0.3) is 0 Å². The molecule has 1 saturated carbocycles. The van der Waals surface area contributed by atoms with Crippen LogP contribution in [0.5, 0.6) is 0 Å². The average Bonchev–Trinajstić information content (AvgIpc) is 3.40. The molecule has 3 nitrogen and oxygen atoms in total. The van der Waals surface area contributed by atoms with Crippen LogP contribution in [-0.2, 0) is 4.74 Å². The first-order chi connectivity index (χ1) is 11.5. The molecular weight excluding hydrogens is 319 g/mol. The number of nitrogens with zero attached hydrogens (tertiary/aromatic N) is 1. The van der Waals surface area contributed by atoms with Crippen molar-refractivity contribution in [3.63, 3.8) is 0 Å². The van der Waals surface area contributed by atoms with Crippen molar-refractivity contribution in [1.82, 2.24) is 4.90 Å². The highest BCUT2D eigenvalue weighted by Crippen LogP contribution is 2.37. The van der Waals surface area contributed by atoms with Gasteiger partial charge in [0.05, 0.1) is 17.8 Å². The molecular formula is C18H22F3NO2. The number of ether oxygens (including phenoxy) is 1. The molecule has 2 aliphatic rings. The van der Waals surface area contributed by atoms with E-state index in [2.05, 4.69) is 6.92 Å². The molecule has 1 aliphatic heterocycles. The van der Waals surface area contributed by atoms with Crippen LogP contribution in [0.2, 0.25) is 0 Å². The Kier molecular flexibility index (Phi) is 5.13. The highest BCUT2D eigenvalue weighted by molar-refractivity contribution is 5.94. The molecule has 1 amide bonds. The van der Waals surface area contributed by atoms with Crippen molar-refractivity contribution in [2.75, 3.05) is 13.1 Å². The van der Waals surface area contributed by atoms with E-state index in [4.69, 9.17) is 4.74 Å². The van der Waals surface area contributed by atoms with E-state index < -0.39 is 28.9 Å². The van der Waals surface area contributed by atoms with Crippen molar-refractivity contribution in [2.45, 2.75) is 51.2 Å². The standard InChI is InChI=1S/C18H22F3NO2/c1-2-3-4-12-9-22(10-17(24-12)11-5-6-11)18(23)13-7-15(20)16(21)8-14(13)19/h7-8,11-12,17H,2-6,9-10H2,1H3/t12-,17-/m1/s1. The normalized spacial score (nSPS) is 24.2. The maximum absolute atomic E-state index is 13.9. The lowest BCUT2D eigenvalue weighted by Crippen LogP contribution is -2.51. The maximum Gasteiger partial charge on any atom is 0.257 e. The second-order valence-corrected chi connectivity index (χ2v) is 6.73.